The molecule has 0 unspecified atom stereocenters. The first-order valence-electron chi connectivity index (χ1n) is 6.71. The zero-order valence-corrected chi connectivity index (χ0v) is 12.4. The summed E-state index contributed by atoms with van der Waals surface area (Å²) >= 11 is 1.62. The van der Waals surface area contributed by atoms with Gasteiger partial charge < -0.3 is 9.47 Å². The number of benzene rings is 2. The molecule has 0 aliphatic rings. The predicted molar refractivity (Wildman–Crippen MR) is 83.5 cm³/mol. The lowest BCUT2D eigenvalue weighted by atomic mass is 10.2. The van der Waals surface area contributed by atoms with Crippen LogP contribution in [0.5, 0.6) is 5.75 Å². The highest BCUT2D eigenvalue weighted by Crippen LogP contribution is 2.26. The average molecular weight is 316 g/mol. The van der Waals surface area contributed by atoms with Gasteiger partial charge in [0, 0.05) is 10.3 Å². The molecule has 0 saturated heterocycles. The van der Waals surface area contributed by atoms with Crippen LogP contribution in [0.25, 0.3) is 10.1 Å². The maximum Gasteiger partial charge on any atom is 0.344 e. The van der Waals surface area contributed by atoms with Gasteiger partial charge in [0.15, 0.2) is 6.61 Å². The van der Waals surface area contributed by atoms with Crippen LogP contribution in [-0.4, -0.2) is 12.6 Å². The van der Waals surface area contributed by atoms with Gasteiger partial charge in [-0.3, -0.25) is 0 Å². The summed E-state index contributed by atoms with van der Waals surface area (Å²) in [4.78, 5) is 11.7. The monoisotopic (exact) mass is 316 g/mol. The van der Waals surface area contributed by atoms with Crippen molar-refractivity contribution in [2.45, 2.75) is 6.61 Å². The van der Waals surface area contributed by atoms with Gasteiger partial charge in [-0.15, -0.1) is 11.3 Å². The molecule has 0 N–H and O–H groups in total. The van der Waals surface area contributed by atoms with Gasteiger partial charge in [-0.2, -0.15) is 0 Å². The summed E-state index contributed by atoms with van der Waals surface area (Å²) in [6.45, 7) is 0.0172. The summed E-state index contributed by atoms with van der Waals surface area (Å²) in [6.07, 6.45) is 0. The predicted octanol–water partition coefficient (Wildman–Crippen LogP) is 4.16. The van der Waals surface area contributed by atoms with E-state index < -0.39 is 5.97 Å². The molecule has 0 aliphatic heterocycles. The lowest BCUT2D eigenvalue weighted by molar-refractivity contribution is -0.147. The van der Waals surface area contributed by atoms with Crippen LogP contribution in [0, 0.1) is 5.82 Å². The Kier molecular flexibility index (Phi) is 4.34. The molecular formula is C17H13FO3S. The second kappa shape index (κ2) is 6.58. The summed E-state index contributed by atoms with van der Waals surface area (Å²) in [5.41, 5.74) is 0.982. The van der Waals surface area contributed by atoms with E-state index in [0.29, 0.717) is 5.75 Å². The molecular weight excluding hydrogens is 303 g/mol. The fourth-order valence-electron chi connectivity index (χ4n) is 2.02. The first kappa shape index (κ1) is 14.5. The van der Waals surface area contributed by atoms with Gasteiger partial charge in [-0.05, 0) is 41.1 Å². The first-order chi connectivity index (χ1) is 10.7. The molecule has 0 amide bonds. The third-order valence-corrected chi connectivity index (χ3v) is 4.13. The molecule has 0 aliphatic carbocycles. The van der Waals surface area contributed by atoms with Crippen molar-refractivity contribution in [3.05, 3.63) is 65.3 Å². The minimum atomic E-state index is -0.459. The van der Waals surface area contributed by atoms with E-state index in [1.54, 1.807) is 11.3 Å². The van der Waals surface area contributed by atoms with E-state index in [0.717, 1.165) is 15.6 Å². The van der Waals surface area contributed by atoms with Crippen LogP contribution in [0.15, 0.2) is 53.9 Å². The van der Waals surface area contributed by atoms with Crippen LogP contribution in [0.4, 0.5) is 4.39 Å². The minimum Gasteiger partial charge on any atom is -0.482 e. The van der Waals surface area contributed by atoms with Crippen molar-refractivity contribution >= 4 is 27.4 Å². The Hall–Kier alpha value is -2.40. The number of esters is 1. The molecule has 1 heterocycles. The summed E-state index contributed by atoms with van der Waals surface area (Å²) in [7, 11) is 0. The highest BCUT2D eigenvalue weighted by Gasteiger charge is 2.08. The van der Waals surface area contributed by atoms with Crippen molar-refractivity contribution in [2.75, 3.05) is 6.61 Å². The lowest BCUT2D eigenvalue weighted by Gasteiger charge is -2.06. The maximum absolute atomic E-state index is 12.7. The average Bonchev–Trinajstić information content (AvgIpc) is 2.96. The molecule has 2 aromatic carbocycles. The minimum absolute atomic E-state index is 0.201. The Bertz CT molecular complexity index is 780. The molecule has 0 saturated carbocycles. The number of hydrogen-bond donors (Lipinski definition) is 0. The van der Waals surface area contributed by atoms with Crippen LogP contribution < -0.4 is 4.74 Å². The molecule has 1 aromatic heterocycles. The van der Waals surface area contributed by atoms with E-state index in [2.05, 4.69) is 0 Å². The standard InChI is InChI=1S/C17H13FO3S/c18-13-5-7-14(8-6-13)20-10-17(19)21-9-12-11-22-16-4-2-1-3-15(12)16/h1-8,11H,9-10H2. The smallest absolute Gasteiger partial charge is 0.344 e. The topological polar surface area (TPSA) is 35.5 Å². The lowest BCUT2D eigenvalue weighted by Crippen LogP contribution is -2.14. The molecule has 5 heteroatoms. The summed E-state index contributed by atoms with van der Waals surface area (Å²) in [5, 5.41) is 3.08. The van der Waals surface area contributed by atoms with Crippen LogP contribution in [-0.2, 0) is 16.1 Å². The summed E-state index contributed by atoms with van der Waals surface area (Å²) in [5.74, 6) is -0.377. The number of hydrogen-bond acceptors (Lipinski definition) is 4. The molecule has 0 fully saturated rings. The summed E-state index contributed by atoms with van der Waals surface area (Å²) < 4.78 is 24.4. The Morgan fingerprint density at radius 3 is 2.68 bits per heavy atom. The van der Waals surface area contributed by atoms with E-state index in [1.165, 1.54) is 24.3 Å². The number of thiophene rings is 1. The van der Waals surface area contributed by atoms with Gasteiger partial charge >= 0.3 is 5.97 Å². The number of ether oxygens (including phenoxy) is 2. The first-order valence-corrected chi connectivity index (χ1v) is 7.59. The van der Waals surface area contributed by atoms with Crippen LogP contribution in [0.2, 0.25) is 0 Å². The van der Waals surface area contributed by atoms with Crippen molar-refractivity contribution in [1.29, 1.82) is 0 Å². The fourth-order valence-corrected chi connectivity index (χ4v) is 2.97. The van der Waals surface area contributed by atoms with Crippen molar-refractivity contribution in [3.63, 3.8) is 0 Å². The third kappa shape index (κ3) is 3.43. The van der Waals surface area contributed by atoms with Gasteiger partial charge in [0.1, 0.15) is 18.2 Å². The van der Waals surface area contributed by atoms with Gasteiger partial charge in [0.05, 0.1) is 0 Å². The van der Waals surface area contributed by atoms with Crippen molar-refractivity contribution in [1.82, 2.24) is 0 Å². The van der Waals surface area contributed by atoms with Gasteiger partial charge in [0.2, 0.25) is 0 Å². The molecule has 0 radical (unpaired) electrons. The van der Waals surface area contributed by atoms with Gasteiger partial charge in [-0.1, -0.05) is 18.2 Å². The van der Waals surface area contributed by atoms with E-state index in [4.69, 9.17) is 9.47 Å². The Morgan fingerprint density at radius 2 is 1.86 bits per heavy atom. The molecule has 3 nitrogen and oxygen atoms in total. The molecule has 0 bridgehead atoms. The molecule has 3 rings (SSSR count). The van der Waals surface area contributed by atoms with Crippen LogP contribution in [0.1, 0.15) is 5.56 Å². The number of carbonyl (C=O) groups excluding carboxylic acids is 1. The molecule has 112 valence electrons. The second-order valence-electron chi connectivity index (χ2n) is 4.66. The van der Waals surface area contributed by atoms with E-state index in [-0.39, 0.29) is 19.0 Å². The van der Waals surface area contributed by atoms with E-state index in [9.17, 15) is 9.18 Å². The number of rotatable bonds is 5. The molecule has 0 spiro atoms. The normalized spacial score (nSPS) is 10.6. The Balaban J connectivity index is 1.53. The third-order valence-electron chi connectivity index (χ3n) is 3.12. The Labute approximate surface area is 130 Å². The van der Waals surface area contributed by atoms with Crippen molar-refractivity contribution in [2.24, 2.45) is 0 Å². The molecule has 22 heavy (non-hydrogen) atoms. The molecule has 3 aromatic rings. The highest BCUT2D eigenvalue weighted by atomic mass is 32.1. The summed E-state index contributed by atoms with van der Waals surface area (Å²) in [6, 6.07) is 13.5. The highest BCUT2D eigenvalue weighted by molar-refractivity contribution is 7.17. The number of halogens is 1. The Morgan fingerprint density at radius 1 is 1.09 bits per heavy atom. The largest absolute Gasteiger partial charge is 0.482 e. The number of fused-ring (bicyclic) bond motifs is 1. The van der Waals surface area contributed by atoms with Gasteiger partial charge in [-0.25, -0.2) is 9.18 Å². The van der Waals surface area contributed by atoms with E-state index >= 15 is 0 Å². The van der Waals surface area contributed by atoms with Crippen LogP contribution >= 0.6 is 11.3 Å². The number of carbonyl (C=O) groups is 1. The van der Waals surface area contributed by atoms with E-state index in [1.807, 2.05) is 29.6 Å². The van der Waals surface area contributed by atoms with Crippen molar-refractivity contribution < 1.29 is 18.7 Å². The van der Waals surface area contributed by atoms with Crippen LogP contribution in [0.3, 0.4) is 0 Å². The molecule has 0 atom stereocenters. The zero-order chi connectivity index (χ0) is 15.4. The van der Waals surface area contributed by atoms with Gasteiger partial charge in [0.25, 0.3) is 0 Å². The zero-order valence-electron chi connectivity index (χ0n) is 11.6. The second-order valence-corrected chi connectivity index (χ2v) is 5.57. The maximum atomic E-state index is 12.7. The quantitative estimate of drug-likeness (QED) is 0.663. The SMILES string of the molecule is O=C(COc1ccc(F)cc1)OCc1csc2ccccc12. The van der Waals surface area contributed by atoms with Crippen molar-refractivity contribution in [3.8, 4) is 5.75 Å². The fraction of sp³-hybridized carbons (Fsp3) is 0.118.